The zero-order valence-electron chi connectivity index (χ0n) is 32.4. The molecule has 280 valence electrons. The Kier molecular flexibility index (Phi) is 6.76. The Hall–Kier alpha value is -8.71. The summed E-state index contributed by atoms with van der Waals surface area (Å²) in [5, 5.41) is 22.5. The minimum Gasteiger partial charge on any atom is -0.456 e. The van der Waals surface area contributed by atoms with Gasteiger partial charge in [-0.1, -0.05) is 133 Å². The highest BCUT2D eigenvalue weighted by Crippen LogP contribution is 2.53. The molecule has 0 amide bonds. The lowest BCUT2D eigenvalue weighted by molar-refractivity contribution is 0.669. The van der Waals surface area contributed by atoms with Crippen LogP contribution in [0.1, 0.15) is 5.56 Å². The number of nitriles is 1. The molecule has 0 N–H and O–H groups in total. The average Bonchev–Trinajstić information content (AvgIpc) is 3.97. The summed E-state index contributed by atoms with van der Waals surface area (Å²) in [6, 6.07) is 58.6. The van der Waals surface area contributed by atoms with Crippen LogP contribution in [-0.4, -0.2) is 14.1 Å². The highest BCUT2D eigenvalue weighted by molar-refractivity contribution is 6.34. The van der Waals surface area contributed by atoms with Gasteiger partial charge in [-0.3, -0.25) is 4.98 Å². The first-order valence-electron chi connectivity index (χ1n) is 20.2. The van der Waals surface area contributed by atoms with Gasteiger partial charge in [0.05, 0.1) is 51.8 Å². The van der Waals surface area contributed by atoms with Crippen LogP contribution in [0, 0.1) is 17.9 Å². The summed E-state index contributed by atoms with van der Waals surface area (Å²) in [6.45, 7) is 9.14. The second-order valence-electron chi connectivity index (χ2n) is 15.6. The molecular weight excluding hydrogens is 747 g/mol. The lowest BCUT2D eigenvalue weighted by Gasteiger charge is -2.25. The van der Waals surface area contributed by atoms with E-state index in [1.807, 2.05) is 85.2 Å². The monoisotopic (exact) mass is 775 g/mol. The predicted octanol–water partition coefficient (Wildman–Crippen LogP) is 14.7. The SMILES string of the molecule is [C-]#[N+]c1c(-c2ccccc2)c(C#N)c(-n2c3ccccc3c3cc4c(cc32)oc2ccccc24)c(-c2ccccc2)c1-n1c2cccc3c4ccccc4c4cncc1c4c32. The molecular formula is C55H29N5O. The molecule has 4 heterocycles. The third-order valence-electron chi connectivity index (χ3n) is 12.6. The molecule has 0 aliphatic rings. The Morgan fingerprint density at radius 3 is 1.84 bits per heavy atom. The van der Waals surface area contributed by atoms with Crippen LogP contribution < -0.4 is 0 Å². The maximum absolute atomic E-state index is 11.7. The smallest absolute Gasteiger partial charge is 0.220 e. The quantitative estimate of drug-likeness (QED) is 0.132. The number of benzene rings is 9. The minimum absolute atomic E-state index is 0.386. The molecule has 13 aromatic rings. The van der Waals surface area contributed by atoms with Crippen LogP contribution in [0.15, 0.2) is 181 Å². The number of furan rings is 1. The van der Waals surface area contributed by atoms with Crippen molar-refractivity contribution in [2.24, 2.45) is 0 Å². The van der Waals surface area contributed by atoms with Crippen LogP contribution >= 0.6 is 0 Å². The summed E-state index contributed by atoms with van der Waals surface area (Å²) in [6.07, 6.45) is 3.89. The van der Waals surface area contributed by atoms with Gasteiger partial charge in [-0.25, -0.2) is 4.85 Å². The molecule has 0 unspecified atom stereocenters. The van der Waals surface area contributed by atoms with Crippen molar-refractivity contribution in [3.8, 4) is 39.7 Å². The van der Waals surface area contributed by atoms with Gasteiger partial charge in [-0.15, -0.1) is 0 Å². The Balaban J connectivity index is 1.31. The topological polar surface area (TPSA) is 64.0 Å². The summed E-state index contributed by atoms with van der Waals surface area (Å²) in [7, 11) is 0. The Labute approximate surface area is 348 Å². The van der Waals surface area contributed by atoms with E-state index in [1.165, 1.54) is 0 Å². The van der Waals surface area contributed by atoms with Gasteiger partial charge in [0.1, 0.15) is 17.2 Å². The molecule has 61 heavy (non-hydrogen) atoms. The van der Waals surface area contributed by atoms with Crippen molar-refractivity contribution in [3.05, 3.63) is 193 Å². The molecule has 0 aliphatic heterocycles. The van der Waals surface area contributed by atoms with Crippen molar-refractivity contribution >= 4 is 92.8 Å². The van der Waals surface area contributed by atoms with Crippen LogP contribution in [-0.2, 0) is 0 Å². The second-order valence-corrected chi connectivity index (χ2v) is 15.6. The molecule has 4 aromatic heterocycles. The van der Waals surface area contributed by atoms with E-state index in [1.54, 1.807) is 0 Å². The van der Waals surface area contributed by atoms with Crippen LogP contribution in [0.5, 0.6) is 0 Å². The van der Waals surface area contributed by atoms with Crippen LogP contribution in [0.2, 0.25) is 0 Å². The molecule has 0 spiro atoms. The first kappa shape index (κ1) is 33.3. The van der Waals surface area contributed by atoms with Crippen molar-refractivity contribution in [2.45, 2.75) is 0 Å². The van der Waals surface area contributed by atoms with Crippen molar-refractivity contribution in [1.82, 2.24) is 14.1 Å². The van der Waals surface area contributed by atoms with E-state index >= 15 is 0 Å². The molecule has 6 heteroatoms. The number of aromatic nitrogens is 3. The number of nitrogens with zero attached hydrogens (tertiary/aromatic N) is 5. The summed E-state index contributed by atoms with van der Waals surface area (Å²) in [5.74, 6) is 0. The molecule has 13 rings (SSSR count). The average molecular weight is 776 g/mol. The molecule has 0 radical (unpaired) electrons. The van der Waals surface area contributed by atoms with E-state index in [0.717, 1.165) is 104 Å². The van der Waals surface area contributed by atoms with Gasteiger partial charge in [-0.2, -0.15) is 5.26 Å². The molecule has 0 saturated heterocycles. The van der Waals surface area contributed by atoms with Gasteiger partial charge >= 0.3 is 0 Å². The Bertz CT molecular complexity index is 3980. The highest BCUT2D eigenvalue weighted by Gasteiger charge is 2.32. The molecule has 0 aliphatic carbocycles. The third kappa shape index (κ3) is 4.40. The molecule has 9 aromatic carbocycles. The van der Waals surface area contributed by atoms with E-state index in [0.29, 0.717) is 28.2 Å². The number of para-hydroxylation sites is 2. The second kappa shape index (κ2) is 12.4. The lowest BCUT2D eigenvalue weighted by atomic mass is 9.88. The summed E-state index contributed by atoms with van der Waals surface area (Å²) >= 11 is 0. The minimum atomic E-state index is 0.386. The van der Waals surface area contributed by atoms with Crippen LogP contribution in [0.4, 0.5) is 5.69 Å². The fourth-order valence-electron chi connectivity index (χ4n) is 10.2. The van der Waals surface area contributed by atoms with E-state index in [4.69, 9.17) is 16.0 Å². The van der Waals surface area contributed by atoms with Gasteiger partial charge in [0.25, 0.3) is 0 Å². The number of pyridine rings is 1. The fourth-order valence-corrected chi connectivity index (χ4v) is 10.2. The molecule has 0 fully saturated rings. The van der Waals surface area contributed by atoms with Crippen molar-refractivity contribution < 1.29 is 4.42 Å². The van der Waals surface area contributed by atoms with Crippen molar-refractivity contribution in [1.29, 1.82) is 5.26 Å². The zero-order chi connectivity index (χ0) is 40.3. The van der Waals surface area contributed by atoms with Crippen LogP contribution in [0.25, 0.3) is 126 Å². The zero-order valence-corrected chi connectivity index (χ0v) is 32.4. The van der Waals surface area contributed by atoms with Gasteiger partial charge < -0.3 is 13.6 Å². The third-order valence-corrected chi connectivity index (χ3v) is 12.6. The molecule has 0 saturated carbocycles. The largest absolute Gasteiger partial charge is 0.456 e. The van der Waals surface area contributed by atoms with Gasteiger partial charge in [0.15, 0.2) is 0 Å². The molecule has 6 nitrogen and oxygen atoms in total. The van der Waals surface area contributed by atoms with Crippen molar-refractivity contribution in [3.63, 3.8) is 0 Å². The summed E-state index contributed by atoms with van der Waals surface area (Å²) < 4.78 is 11.0. The van der Waals surface area contributed by atoms with E-state index in [-0.39, 0.29) is 0 Å². The van der Waals surface area contributed by atoms with Gasteiger partial charge in [0.2, 0.25) is 5.69 Å². The fraction of sp³-hybridized carbons (Fsp3) is 0. The number of hydrogen-bond acceptors (Lipinski definition) is 3. The number of fused-ring (bicyclic) bond motifs is 9. The standard InChI is InChI=1S/C55H29N5O/c1-57-53-49(32-15-4-2-5-16-32)41(29-56)54(59-43-24-12-10-21-36(43)39-27-40-37-22-11-13-26-47(37)61-48(40)28-45(39)59)50(33-17-6-3-7-18-33)55(53)60-44-25-14-23-38-34-19-8-9-20-35(34)42-30-58-31-46(60)52(42)51(38)44/h2-28,30-31H. The van der Waals surface area contributed by atoms with E-state index < -0.39 is 0 Å². The van der Waals surface area contributed by atoms with Gasteiger partial charge in [0, 0.05) is 61.1 Å². The first-order valence-corrected chi connectivity index (χ1v) is 20.2. The number of rotatable bonds is 4. The summed E-state index contributed by atoms with van der Waals surface area (Å²) in [4.78, 5) is 9.36. The predicted molar refractivity (Wildman–Crippen MR) is 248 cm³/mol. The van der Waals surface area contributed by atoms with Gasteiger partial charge in [-0.05, 0) is 51.6 Å². The maximum atomic E-state index is 11.7. The first-order chi connectivity index (χ1) is 30.2. The van der Waals surface area contributed by atoms with E-state index in [2.05, 4.69) is 111 Å². The Morgan fingerprint density at radius 1 is 0.475 bits per heavy atom. The van der Waals surface area contributed by atoms with Crippen LogP contribution in [0.3, 0.4) is 0 Å². The molecule has 0 atom stereocenters. The Morgan fingerprint density at radius 2 is 1.08 bits per heavy atom. The molecule has 0 bridgehead atoms. The van der Waals surface area contributed by atoms with Crippen molar-refractivity contribution in [2.75, 3.05) is 0 Å². The maximum Gasteiger partial charge on any atom is 0.220 e. The number of hydrogen-bond donors (Lipinski definition) is 0. The highest BCUT2D eigenvalue weighted by atomic mass is 16.3. The summed E-state index contributed by atoms with van der Waals surface area (Å²) in [5.41, 5.74) is 10.4. The van der Waals surface area contributed by atoms with E-state index in [9.17, 15) is 5.26 Å². The lowest BCUT2D eigenvalue weighted by Crippen LogP contribution is -2.08. The normalized spacial score (nSPS) is 11.9.